The van der Waals surface area contributed by atoms with Crippen LogP contribution in [-0.4, -0.2) is 9.97 Å². The van der Waals surface area contributed by atoms with Crippen LogP contribution in [0, 0.1) is 5.92 Å². The third-order valence-corrected chi connectivity index (χ3v) is 6.28. The number of nitrogens with zero attached hydrogens (tertiary/aromatic N) is 3. The highest BCUT2D eigenvalue weighted by Crippen LogP contribution is 2.32. The van der Waals surface area contributed by atoms with Crippen molar-refractivity contribution in [2.75, 3.05) is 4.90 Å². The number of aryl methyl sites for hydroxylation is 1. The monoisotopic (exact) mass is 465 g/mol. The molecule has 2 heterocycles. The quantitative estimate of drug-likeness (QED) is 0.265. The van der Waals surface area contributed by atoms with Crippen LogP contribution in [0.1, 0.15) is 70.2 Å². The predicted octanol–water partition coefficient (Wildman–Crippen LogP) is 8.81. The number of aromatic nitrogens is 2. The van der Waals surface area contributed by atoms with Crippen molar-refractivity contribution in [1.29, 1.82) is 0 Å². The Labute approximate surface area is 212 Å². The zero-order valence-electron chi connectivity index (χ0n) is 22.0. The molecule has 0 aliphatic rings. The predicted molar refractivity (Wildman–Crippen MR) is 151 cm³/mol. The average molecular weight is 466 g/mol. The molecule has 1 atom stereocenters. The maximum atomic E-state index is 4.80. The van der Waals surface area contributed by atoms with Gasteiger partial charge >= 0.3 is 0 Å². The van der Waals surface area contributed by atoms with Crippen LogP contribution in [-0.2, 0) is 6.42 Å². The minimum Gasteiger partial charge on any atom is -0.323 e. The summed E-state index contributed by atoms with van der Waals surface area (Å²) in [4.78, 5) is 11.8. The fraction of sp³-hybridized carbons (Fsp3) is 0.312. The van der Waals surface area contributed by atoms with Crippen LogP contribution in [0.5, 0.6) is 0 Å². The van der Waals surface area contributed by atoms with E-state index < -0.39 is 0 Å². The lowest BCUT2D eigenvalue weighted by atomic mass is 10.0. The Bertz CT molecular complexity index is 1150. The Morgan fingerprint density at radius 1 is 0.971 bits per heavy atom. The van der Waals surface area contributed by atoms with Crippen molar-refractivity contribution >= 4 is 11.9 Å². The zero-order chi connectivity index (χ0) is 25.4. The highest BCUT2D eigenvalue weighted by Gasteiger charge is 2.22. The second-order valence-electron chi connectivity index (χ2n) is 9.53. The first-order valence-corrected chi connectivity index (χ1v) is 12.7. The van der Waals surface area contributed by atoms with Crippen LogP contribution in [0.3, 0.4) is 0 Å². The lowest BCUT2D eigenvalue weighted by molar-refractivity contribution is 0.601. The topological polar surface area (TPSA) is 29.0 Å². The molecule has 0 fully saturated rings. The van der Waals surface area contributed by atoms with Crippen molar-refractivity contribution < 1.29 is 0 Å². The standard InChI is InChI=1S/C32H39N3/c1-8-24(5)10-11-28-18-19-33-32(21-28)35(25(6)20-23(3)4)26(7)30-16-17-31(34-22-30)29-14-12-27(9-2)13-15-29/h10-19,21-23,26H,5-6,8-9,20H2,1-4,7H3/b11-10+. The number of benzene rings is 1. The van der Waals surface area contributed by atoms with Crippen molar-refractivity contribution in [3.63, 3.8) is 0 Å². The van der Waals surface area contributed by atoms with Gasteiger partial charge in [0.15, 0.2) is 0 Å². The summed E-state index contributed by atoms with van der Waals surface area (Å²) >= 11 is 0. The van der Waals surface area contributed by atoms with Crippen LogP contribution >= 0.6 is 0 Å². The second-order valence-corrected chi connectivity index (χ2v) is 9.53. The van der Waals surface area contributed by atoms with Gasteiger partial charge in [-0.3, -0.25) is 4.98 Å². The molecule has 1 aromatic carbocycles. The van der Waals surface area contributed by atoms with E-state index in [1.54, 1.807) is 0 Å². The van der Waals surface area contributed by atoms with Gasteiger partial charge in [-0.1, -0.05) is 88.9 Å². The number of allylic oxidation sites excluding steroid dienone is 3. The first-order chi connectivity index (χ1) is 16.8. The molecule has 3 aromatic rings. The number of anilines is 1. The highest BCUT2D eigenvalue weighted by molar-refractivity contribution is 5.61. The molecule has 3 heteroatoms. The summed E-state index contributed by atoms with van der Waals surface area (Å²) in [5.74, 6) is 1.39. The van der Waals surface area contributed by atoms with Gasteiger partial charge in [0.2, 0.25) is 0 Å². The van der Waals surface area contributed by atoms with E-state index in [4.69, 9.17) is 9.97 Å². The van der Waals surface area contributed by atoms with Crippen LogP contribution in [0.25, 0.3) is 17.3 Å². The third-order valence-electron chi connectivity index (χ3n) is 6.28. The maximum Gasteiger partial charge on any atom is 0.133 e. The molecule has 0 aliphatic heterocycles. The molecule has 0 N–H and O–H groups in total. The fourth-order valence-corrected chi connectivity index (χ4v) is 4.09. The van der Waals surface area contributed by atoms with E-state index in [2.05, 4.69) is 107 Å². The molecule has 3 nitrogen and oxygen atoms in total. The second kappa shape index (κ2) is 12.3. The zero-order valence-corrected chi connectivity index (χ0v) is 22.0. The maximum absolute atomic E-state index is 4.80. The first-order valence-electron chi connectivity index (χ1n) is 12.7. The molecule has 182 valence electrons. The third kappa shape index (κ3) is 7.02. The van der Waals surface area contributed by atoms with Gasteiger partial charge in [0.05, 0.1) is 11.7 Å². The molecule has 0 saturated carbocycles. The normalized spacial score (nSPS) is 12.2. The summed E-state index contributed by atoms with van der Waals surface area (Å²) in [5, 5.41) is 0. The Balaban J connectivity index is 1.91. The van der Waals surface area contributed by atoms with E-state index in [-0.39, 0.29) is 6.04 Å². The summed E-state index contributed by atoms with van der Waals surface area (Å²) in [6.45, 7) is 19.4. The summed E-state index contributed by atoms with van der Waals surface area (Å²) in [6, 6.07) is 17.1. The van der Waals surface area contributed by atoms with Crippen LogP contribution < -0.4 is 4.90 Å². The van der Waals surface area contributed by atoms with E-state index in [0.717, 1.165) is 58.7 Å². The summed E-state index contributed by atoms with van der Waals surface area (Å²) < 4.78 is 0. The molecule has 0 radical (unpaired) electrons. The summed E-state index contributed by atoms with van der Waals surface area (Å²) in [7, 11) is 0. The summed E-state index contributed by atoms with van der Waals surface area (Å²) in [6.07, 6.45) is 10.9. The minimum atomic E-state index is 0.0441. The molecule has 3 rings (SSSR count). The van der Waals surface area contributed by atoms with E-state index in [1.807, 2.05) is 18.5 Å². The largest absolute Gasteiger partial charge is 0.323 e. The molecule has 0 bridgehead atoms. The van der Waals surface area contributed by atoms with Crippen molar-refractivity contribution in [2.24, 2.45) is 5.92 Å². The molecule has 0 amide bonds. The van der Waals surface area contributed by atoms with Crippen LogP contribution in [0.4, 0.5) is 5.82 Å². The number of pyridine rings is 2. The van der Waals surface area contributed by atoms with Gasteiger partial charge in [0.25, 0.3) is 0 Å². The van der Waals surface area contributed by atoms with Crippen LogP contribution in [0.2, 0.25) is 0 Å². The SMILES string of the molecule is C=C(/C=C/c1ccnc(N(C(=C)CC(C)C)C(C)c2ccc(-c3ccc(CC)cc3)nc2)c1)CC. The molecule has 0 saturated heterocycles. The van der Waals surface area contributed by atoms with Gasteiger partial charge in [-0.15, -0.1) is 0 Å². The smallest absolute Gasteiger partial charge is 0.133 e. The van der Waals surface area contributed by atoms with E-state index >= 15 is 0 Å². The van der Waals surface area contributed by atoms with Crippen molar-refractivity contribution in [2.45, 2.75) is 59.9 Å². The lowest BCUT2D eigenvalue weighted by Crippen LogP contribution is -2.27. The van der Waals surface area contributed by atoms with Crippen molar-refractivity contribution in [1.82, 2.24) is 9.97 Å². The van der Waals surface area contributed by atoms with Crippen molar-refractivity contribution in [3.8, 4) is 11.3 Å². The Kier molecular flexibility index (Phi) is 9.19. The molecule has 0 aliphatic carbocycles. The van der Waals surface area contributed by atoms with Gasteiger partial charge in [-0.05, 0) is 67.0 Å². The van der Waals surface area contributed by atoms with E-state index in [9.17, 15) is 0 Å². The van der Waals surface area contributed by atoms with Gasteiger partial charge in [-0.2, -0.15) is 0 Å². The minimum absolute atomic E-state index is 0.0441. The molecule has 2 aromatic heterocycles. The Morgan fingerprint density at radius 2 is 1.71 bits per heavy atom. The Hall–Kier alpha value is -3.46. The van der Waals surface area contributed by atoms with E-state index in [0.29, 0.717) is 5.92 Å². The Morgan fingerprint density at radius 3 is 2.31 bits per heavy atom. The number of hydrogen-bond donors (Lipinski definition) is 0. The van der Waals surface area contributed by atoms with Gasteiger partial charge in [0.1, 0.15) is 5.82 Å². The highest BCUT2D eigenvalue weighted by atomic mass is 15.2. The fourth-order valence-electron chi connectivity index (χ4n) is 4.09. The lowest BCUT2D eigenvalue weighted by Gasteiger charge is -2.33. The number of hydrogen-bond acceptors (Lipinski definition) is 3. The molecular weight excluding hydrogens is 426 g/mol. The average Bonchev–Trinajstić information content (AvgIpc) is 2.87. The first kappa shape index (κ1) is 26.2. The molecule has 35 heavy (non-hydrogen) atoms. The molecule has 0 spiro atoms. The van der Waals surface area contributed by atoms with Crippen molar-refractivity contribution in [3.05, 3.63) is 108 Å². The molecule has 1 unspecified atom stereocenters. The number of rotatable bonds is 11. The van der Waals surface area contributed by atoms with Gasteiger partial charge < -0.3 is 4.90 Å². The van der Waals surface area contributed by atoms with Gasteiger partial charge in [-0.25, -0.2) is 4.98 Å². The van der Waals surface area contributed by atoms with E-state index in [1.165, 1.54) is 5.56 Å². The van der Waals surface area contributed by atoms with Crippen LogP contribution in [0.15, 0.2) is 91.4 Å². The van der Waals surface area contributed by atoms with Gasteiger partial charge in [0, 0.05) is 23.7 Å². The molecular formula is C32H39N3. The summed E-state index contributed by atoms with van der Waals surface area (Å²) in [5.41, 5.74) is 7.84.